The molecule has 0 saturated carbocycles. The smallest absolute Gasteiger partial charge is 0.261 e. The van der Waals surface area contributed by atoms with Gasteiger partial charge in [-0.05, 0) is 56.2 Å². The fourth-order valence-corrected chi connectivity index (χ4v) is 3.58. The topological polar surface area (TPSA) is 58.6 Å². The van der Waals surface area contributed by atoms with Crippen LogP contribution in [0.4, 0.5) is 8.78 Å². The van der Waals surface area contributed by atoms with Crippen LogP contribution in [0.25, 0.3) is 0 Å². The van der Waals surface area contributed by atoms with Crippen molar-refractivity contribution in [2.75, 3.05) is 6.61 Å². The Kier molecular flexibility index (Phi) is 8.58. The van der Waals surface area contributed by atoms with E-state index in [2.05, 4.69) is 5.32 Å². The zero-order chi connectivity index (χ0) is 25.4. The van der Waals surface area contributed by atoms with Gasteiger partial charge in [0.2, 0.25) is 5.91 Å². The van der Waals surface area contributed by atoms with E-state index >= 15 is 0 Å². The molecule has 7 heteroatoms. The summed E-state index contributed by atoms with van der Waals surface area (Å²) in [5.41, 5.74) is 0.987. The first kappa shape index (κ1) is 25.9. The zero-order valence-electron chi connectivity index (χ0n) is 20.1. The van der Waals surface area contributed by atoms with E-state index in [1.165, 1.54) is 35.2 Å². The summed E-state index contributed by atoms with van der Waals surface area (Å²) >= 11 is 0. The molecule has 0 aliphatic heterocycles. The van der Waals surface area contributed by atoms with Crippen LogP contribution in [0.3, 0.4) is 0 Å². The predicted molar refractivity (Wildman–Crippen MR) is 131 cm³/mol. The van der Waals surface area contributed by atoms with Crippen LogP contribution in [0, 0.1) is 11.6 Å². The summed E-state index contributed by atoms with van der Waals surface area (Å²) in [6.45, 7) is 5.17. The van der Waals surface area contributed by atoms with Gasteiger partial charge in [-0.2, -0.15) is 0 Å². The molecular weight excluding hydrogens is 450 g/mol. The Bertz CT molecular complexity index is 1130. The normalized spacial score (nSPS) is 12.0. The Labute approximate surface area is 204 Å². The minimum atomic E-state index is -0.876. The molecular formula is C28H30F2N2O3. The average Bonchev–Trinajstić information content (AvgIpc) is 2.81. The summed E-state index contributed by atoms with van der Waals surface area (Å²) in [6, 6.07) is 20.0. The Morgan fingerprint density at radius 3 is 2.14 bits per heavy atom. The van der Waals surface area contributed by atoms with E-state index in [0.717, 1.165) is 5.56 Å². The Morgan fingerprint density at radius 1 is 0.886 bits per heavy atom. The molecule has 1 N–H and O–H groups in total. The average molecular weight is 481 g/mol. The molecule has 0 fully saturated rings. The number of hydrogen-bond acceptors (Lipinski definition) is 3. The lowest BCUT2D eigenvalue weighted by atomic mass is 10.0. The third kappa shape index (κ3) is 7.91. The van der Waals surface area contributed by atoms with Gasteiger partial charge in [0.15, 0.2) is 18.2 Å². The van der Waals surface area contributed by atoms with Crippen LogP contribution in [0.5, 0.6) is 5.75 Å². The number of ether oxygens (including phenoxy) is 1. The van der Waals surface area contributed by atoms with Gasteiger partial charge in [0, 0.05) is 18.5 Å². The lowest BCUT2D eigenvalue weighted by Crippen LogP contribution is -2.55. The fourth-order valence-electron chi connectivity index (χ4n) is 3.58. The second kappa shape index (κ2) is 11.6. The van der Waals surface area contributed by atoms with Gasteiger partial charge >= 0.3 is 0 Å². The van der Waals surface area contributed by atoms with Gasteiger partial charge in [0.25, 0.3) is 5.91 Å². The van der Waals surface area contributed by atoms with Crippen molar-refractivity contribution in [2.45, 2.75) is 45.3 Å². The predicted octanol–water partition coefficient (Wildman–Crippen LogP) is 4.90. The number of nitrogens with zero attached hydrogens (tertiary/aromatic N) is 1. The van der Waals surface area contributed by atoms with Crippen molar-refractivity contribution in [1.82, 2.24) is 10.2 Å². The molecule has 3 rings (SSSR count). The van der Waals surface area contributed by atoms with Crippen LogP contribution < -0.4 is 10.1 Å². The van der Waals surface area contributed by atoms with Crippen LogP contribution in [-0.4, -0.2) is 34.9 Å². The van der Waals surface area contributed by atoms with Gasteiger partial charge in [-0.3, -0.25) is 9.59 Å². The van der Waals surface area contributed by atoms with Crippen molar-refractivity contribution in [2.24, 2.45) is 0 Å². The number of para-hydroxylation sites is 1. The lowest BCUT2D eigenvalue weighted by Gasteiger charge is -2.33. The molecule has 0 radical (unpaired) electrons. The highest BCUT2D eigenvalue weighted by Crippen LogP contribution is 2.19. The maximum atomic E-state index is 14.0. The number of benzene rings is 3. The van der Waals surface area contributed by atoms with Crippen LogP contribution >= 0.6 is 0 Å². The van der Waals surface area contributed by atoms with Crippen molar-refractivity contribution in [3.8, 4) is 5.75 Å². The Morgan fingerprint density at radius 2 is 1.51 bits per heavy atom. The Balaban J connectivity index is 1.93. The quantitative estimate of drug-likeness (QED) is 0.474. The van der Waals surface area contributed by atoms with Crippen molar-refractivity contribution >= 4 is 11.8 Å². The molecule has 5 nitrogen and oxygen atoms in total. The van der Waals surface area contributed by atoms with Gasteiger partial charge in [0.05, 0.1) is 0 Å². The summed E-state index contributed by atoms with van der Waals surface area (Å²) in [7, 11) is 0. The summed E-state index contributed by atoms with van der Waals surface area (Å²) in [5.74, 6) is -1.87. The molecule has 0 heterocycles. The van der Waals surface area contributed by atoms with E-state index in [1.54, 1.807) is 18.2 Å². The summed E-state index contributed by atoms with van der Waals surface area (Å²) < 4.78 is 33.0. The van der Waals surface area contributed by atoms with Gasteiger partial charge in [-0.25, -0.2) is 8.78 Å². The van der Waals surface area contributed by atoms with Crippen LogP contribution in [-0.2, 0) is 22.6 Å². The standard InChI is InChI=1S/C28H30F2N2O3/c1-28(2,3)31-27(34)24(17-20-9-5-4-6-10-20)32(18-21-13-15-22(29)16-14-21)26(33)19-35-25-12-8-7-11-23(25)30/h4-16,24H,17-19H2,1-3H3,(H,31,34)/t24-/m0/s1. The second-order valence-corrected chi connectivity index (χ2v) is 9.31. The second-order valence-electron chi connectivity index (χ2n) is 9.31. The Hall–Kier alpha value is -3.74. The summed E-state index contributed by atoms with van der Waals surface area (Å²) in [6.07, 6.45) is 0.259. The number of nitrogens with one attached hydrogen (secondary N) is 1. The molecule has 0 aromatic heterocycles. The SMILES string of the molecule is CC(C)(C)NC(=O)[C@H](Cc1ccccc1)N(Cc1ccc(F)cc1)C(=O)COc1ccccc1F. The van der Waals surface area contributed by atoms with Gasteiger partial charge < -0.3 is 15.0 Å². The van der Waals surface area contributed by atoms with E-state index in [-0.39, 0.29) is 24.6 Å². The molecule has 0 unspecified atom stereocenters. The highest BCUT2D eigenvalue weighted by molar-refractivity contribution is 5.89. The maximum Gasteiger partial charge on any atom is 0.261 e. The number of carbonyl (C=O) groups is 2. The molecule has 3 aromatic carbocycles. The van der Waals surface area contributed by atoms with E-state index < -0.39 is 35.7 Å². The van der Waals surface area contributed by atoms with Crippen LogP contribution in [0.1, 0.15) is 31.9 Å². The molecule has 2 amide bonds. The van der Waals surface area contributed by atoms with E-state index in [4.69, 9.17) is 4.74 Å². The van der Waals surface area contributed by atoms with Crippen LogP contribution in [0.2, 0.25) is 0 Å². The highest BCUT2D eigenvalue weighted by Gasteiger charge is 2.32. The fraction of sp³-hybridized carbons (Fsp3) is 0.286. The molecule has 0 saturated heterocycles. The van der Waals surface area contributed by atoms with Crippen molar-refractivity contribution in [3.05, 3.63) is 102 Å². The molecule has 0 spiro atoms. The summed E-state index contributed by atoms with van der Waals surface area (Å²) in [5, 5.41) is 2.96. The number of halogens is 2. The number of hydrogen-bond donors (Lipinski definition) is 1. The largest absolute Gasteiger partial charge is 0.481 e. The first-order valence-corrected chi connectivity index (χ1v) is 11.4. The molecule has 0 bridgehead atoms. The molecule has 1 atom stereocenters. The molecule has 3 aromatic rings. The minimum Gasteiger partial charge on any atom is -0.481 e. The van der Waals surface area contributed by atoms with Gasteiger partial charge in [-0.15, -0.1) is 0 Å². The monoisotopic (exact) mass is 480 g/mol. The van der Waals surface area contributed by atoms with E-state index in [9.17, 15) is 18.4 Å². The third-order valence-electron chi connectivity index (χ3n) is 5.22. The molecule has 0 aliphatic rings. The van der Waals surface area contributed by atoms with Gasteiger partial charge in [0.1, 0.15) is 11.9 Å². The van der Waals surface area contributed by atoms with E-state index in [0.29, 0.717) is 5.56 Å². The number of rotatable bonds is 9. The first-order valence-electron chi connectivity index (χ1n) is 11.4. The molecule has 0 aliphatic carbocycles. The molecule has 35 heavy (non-hydrogen) atoms. The maximum absolute atomic E-state index is 14.0. The van der Waals surface area contributed by atoms with Crippen LogP contribution in [0.15, 0.2) is 78.9 Å². The van der Waals surface area contributed by atoms with Crippen molar-refractivity contribution in [1.29, 1.82) is 0 Å². The first-order chi connectivity index (χ1) is 16.6. The van der Waals surface area contributed by atoms with Crippen molar-refractivity contribution in [3.63, 3.8) is 0 Å². The lowest BCUT2D eigenvalue weighted by molar-refractivity contribution is -0.143. The molecule has 184 valence electrons. The van der Waals surface area contributed by atoms with Gasteiger partial charge in [-0.1, -0.05) is 54.6 Å². The third-order valence-corrected chi connectivity index (χ3v) is 5.22. The number of carbonyl (C=O) groups excluding carboxylic acids is 2. The highest BCUT2D eigenvalue weighted by atomic mass is 19.1. The zero-order valence-corrected chi connectivity index (χ0v) is 20.1. The minimum absolute atomic E-state index is 0.0504. The summed E-state index contributed by atoms with van der Waals surface area (Å²) in [4.78, 5) is 28.2. The number of amides is 2. The van der Waals surface area contributed by atoms with E-state index in [1.807, 2.05) is 51.1 Å². The van der Waals surface area contributed by atoms with Crippen molar-refractivity contribution < 1.29 is 23.1 Å².